The molecular formula is C19H20ClN3O2S. The number of para-hydroxylation sites is 2. The van der Waals surface area contributed by atoms with Crippen molar-refractivity contribution < 1.29 is 8.42 Å². The average Bonchev–Trinajstić information content (AvgIpc) is 3.08. The summed E-state index contributed by atoms with van der Waals surface area (Å²) in [6.07, 6.45) is 1.50. The van der Waals surface area contributed by atoms with Crippen LogP contribution in [0.2, 0.25) is 5.02 Å². The van der Waals surface area contributed by atoms with Crippen molar-refractivity contribution in [2.75, 3.05) is 13.1 Å². The molecule has 2 aromatic carbocycles. The van der Waals surface area contributed by atoms with Gasteiger partial charge in [-0.1, -0.05) is 29.8 Å². The molecule has 3 aromatic rings. The van der Waals surface area contributed by atoms with Crippen molar-refractivity contribution in [1.29, 1.82) is 0 Å². The van der Waals surface area contributed by atoms with Crippen LogP contribution in [0, 0.1) is 6.92 Å². The number of sulfonamides is 1. The van der Waals surface area contributed by atoms with Gasteiger partial charge in [0.05, 0.1) is 15.9 Å². The molecule has 1 aromatic heterocycles. The van der Waals surface area contributed by atoms with Crippen LogP contribution in [0.25, 0.3) is 11.0 Å². The third-order valence-corrected chi connectivity index (χ3v) is 7.33. The zero-order valence-electron chi connectivity index (χ0n) is 14.4. The first-order valence-electron chi connectivity index (χ1n) is 8.66. The van der Waals surface area contributed by atoms with Crippen LogP contribution in [0.3, 0.4) is 0 Å². The number of nitrogens with one attached hydrogen (secondary N) is 1. The summed E-state index contributed by atoms with van der Waals surface area (Å²) in [5, 5.41) is 0.475. The fraction of sp³-hybridized carbons (Fsp3) is 0.316. The van der Waals surface area contributed by atoms with Crippen molar-refractivity contribution in [3.05, 3.63) is 58.9 Å². The van der Waals surface area contributed by atoms with E-state index in [1.54, 1.807) is 16.4 Å². The van der Waals surface area contributed by atoms with Gasteiger partial charge in [0.1, 0.15) is 5.82 Å². The minimum atomic E-state index is -3.51. The van der Waals surface area contributed by atoms with Crippen LogP contribution in [0.5, 0.6) is 0 Å². The van der Waals surface area contributed by atoms with Crippen LogP contribution in [-0.4, -0.2) is 35.8 Å². The summed E-state index contributed by atoms with van der Waals surface area (Å²) in [6.45, 7) is 2.82. The third-order valence-electron chi connectivity index (χ3n) is 5.03. The van der Waals surface area contributed by atoms with E-state index in [0.717, 1.165) is 35.3 Å². The molecule has 1 aliphatic heterocycles. The van der Waals surface area contributed by atoms with Gasteiger partial charge in [0.2, 0.25) is 10.0 Å². The second-order valence-corrected chi connectivity index (χ2v) is 9.07. The Bertz CT molecular complexity index is 1020. The van der Waals surface area contributed by atoms with Crippen molar-refractivity contribution in [3.8, 4) is 0 Å². The molecule has 1 aliphatic rings. The van der Waals surface area contributed by atoms with E-state index in [-0.39, 0.29) is 10.8 Å². The van der Waals surface area contributed by atoms with Gasteiger partial charge in [-0.15, -0.1) is 0 Å². The van der Waals surface area contributed by atoms with Crippen LogP contribution in [0.1, 0.15) is 30.1 Å². The number of hydrogen-bond acceptors (Lipinski definition) is 3. The molecule has 4 rings (SSSR count). The molecule has 136 valence electrons. The number of aromatic nitrogens is 2. The lowest BCUT2D eigenvalue weighted by molar-refractivity contribution is 0.314. The number of halogens is 1. The molecule has 0 aliphatic carbocycles. The van der Waals surface area contributed by atoms with E-state index in [2.05, 4.69) is 9.97 Å². The molecule has 26 heavy (non-hydrogen) atoms. The number of H-pyrrole nitrogens is 1. The Kier molecular flexibility index (Phi) is 4.50. The Morgan fingerprint density at radius 1 is 1.15 bits per heavy atom. The Morgan fingerprint density at radius 3 is 2.58 bits per heavy atom. The number of fused-ring (bicyclic) bond motifs is 1. The smallest absolute Gasteiger partial charge is 0.243 e. The summed E-state index contributed by atoms with van der Waals surface area (Å²) >= 11 is 6.11. The number of imidazole rings is 1. The van der Waals surface area contributed by atoms with E-state index in [4.69, 9.17) is 11.6 Å². The highest BCUT2D eigenvalue weighted by atomic mass is 35.5. The van der Waals surface area contributed by atoms with Crippen molar-refractivity contribution in [3.63, 3.8) is 0 Å². The number of hydrogen-bond donors (Lipinski definition) is 1. The molecule has 0 amide bonds. The quantitative estimate of drug-likeness (QED) is 0.733. The molecule has 2 heterocycles. The molecule has 0 atom stereocenters. The molecule has 7 heteroatoms. The van der Waals surface area contributed by atoms with E-state index in [1.807, 2.05) is 31.2 Å². The van der Waals surface area contributed by atoms with Crippen LogP contribution < -0.4 is 0 Å². The minimum absolute atomic E-state index is 0.246. The number of piperidine rings is 1. The molecular weight excluding hydrogens is 370 g/mol. The first kappa shape index (κ1) is 17.5. The Morgan fingerprint density at radius 2 is 1.88 bits per heavy atom. The molecule has 1 fully saturated rings. The van der Waals surface area contributed by atoms with Gasteiger partial charge in [-0.05, 0) is 49.6 Å². The van der Waals surface area contributed by atoms with E-state index in [9.17, 15) is 8.42 Å². The van der Waals surface area contributed by atoms with Crippen LogP contribution >= 0.6 is 11.6 Å². The molecule has 0 unspecified atom stereocenters. The number of aromatic amines is 1. The molecule has 1 saturated heterocycles. The van der Waals surface area contributed by atoms with E-state index in [1.165, 1.54) is 6.07 Å². The predicted octanol–water partition coefficient (Wildman–Crippen LogP) is 4.09. The van der Waals surface area contributed by atoms with Gasteiger partial charge >= 0.3 is 0 Å². The standard InChI is InChI=1S/C19H20ClN3O2S/c1-13-6-7-15(12-16(13)20)26(24,25)23-10-8-14(9-11-23)19-21-17-4-2-3-5-18(17)22-19/h2-7,12,14H,8-11H2,1H3,(H,21,22). The number of nitrogens with zero attached hydrogens (tertiary/aromatic N) is 2. The van der Waals surface area contributed by atoms with Crippen molar-refractivity contribution >= 4 is 32.7 Å². The van der Waals surface area contributed by atoms with E-state index < -0.39 is 10.0 Å². The average molecular weight is 390 g/mol. The molecule has 1 N–H and O–H groups in total. The number of aryl methyl sites for hydroxylation is 1. The molecule has 0 bridgehead atoms. The topological polar surface area (TPSA) is 66.1 Å². The maximum Gasteiger partial charge on any atom is 0.243 e. The largest absolute Gasteiger partial charge is 0.342 e. The summed E-state index contributed by atoms with van der Waals surface area (Å²) in [7, 11) is -3.51. The first-order chi connectivity index (χ1) is 12.4. The van der Waals surface area contributed by atoms with E-state index >= 15 is 0 Å². The summed E-state index contributed by atoms with van der Waals surface area (Å²) < 4.78 is 27.3. The monoisotopic (exact) mass is 389 g/mol. The lowest BCUT2D eigenvalue weighted by Crippen LogP contribution is -2.38. The maximum atomic E-state index is 12.9. The highest BCUT2D eigenvalue weighted by Crippen LogP contribution is 2.31. The van der Waals surface area contributed by atoms with Crippen LogP contribution in [-0.2, 0) is 10.0 Å². The SMILES string of the molecule is Cc1ccc(S(=O)(=O)N2CCC(c3nc4ccccc4[nH]3)CC2)cc1Cl. The third kappa shape index (κ3) is 3.13. The zero-order chi connectivity index (χ0) is 18.3. The highest BCUT2D eigenvalue weighted by molar-refractivity contribution is 7.89. The minimum Gasteiger partial charge on any atom is -0.342 e. The summed E-state index contributed by atoms with van der Waals surface area (Å²) in [6, 6.07) is 12.8. The summed E-state index contributed by atoms with van der Waals surface area (Å²) in [5.74, 6) is 1.19. The van der Waals surface area contributed by atoms with Crippen LogP contribution in [0.15, 0.2) is 47.4 Å². The van der Waals surface area contributed by atoms with Gasteiger partial charge in [-0.25, -0.2) is 13.4 Å². The lowest BCUT2D eigenvalue weighted by atomic mass is 9.97. The summed E-state index contributed by atoms with van der Waals surface area (Å²) in [4.78, 5) is 8.29. The second kappa shape index (κ2) is 6.68. The van der Waals surface area contributed by atoms with Crippen molar-refractivity contribution in [2.45, 2.75) is 30.6 Å². The Labute approximate surface area is 158 Å². The van der Waals surface area contributed by atoms with Gasteiger partial charge in [0.25, 0.3) is 0 Å². The molecule has 0 spiro atoms. The van der Waals surface area contributed by atoms with Gasteiger partial charge in [0, 0.05) is 24.0 Å². The first-order valence-corrected chi connectivity index (χ1v) is 10.5. The Hall–Kier alpha value is -1.89. The molecule has 0 radical (unpaired) electrons. The molecule has 5 nitrogen and oxygen atoms in total. The van der Waals surface area contributed by atoms with Gasteiger partial charge in [-0.3, -0.25) is 0 Å². The fourth-order valence-electron chi connectivity index (χ4n) is 3.42. The van der Waals surface area contributed by atoms with Crippen molar-refractivity contribution in [2.24, 2.45) is 0 Å². The number of rotatable bonds is 3. The lowest BCUT2D eigenvalue weighted by Gasteiger charge is -2.30. The normalized spacial score (nSPS) is 17.0. The Balaban J connectivity index is 1.51. The van der Waals surface area contributed by atoms with Crippen LogP contribution in [0.4, 0.5) is 0 Å². The highest BCUT2D eigenvalue weighted by Gasteiger charge is 2.31. The molecule has 0 saturated carbocycles. The fourth-order valence-corrected chi connectivity index (χ4v) is 5.16. The predicted molar refractivity (Wildman–Crippen MR) is 103 cm³/mol. The van der Waals surface area contributed by atoms with Crippen molar-refractivity contribution in [1.82, 2.24) is 14.3 Å². The van der Waals surface area contributed by atoms with Gasteiger partial charge in [0.15, 0.2) is 0 Å². The zero-order valence-corrected chi connectivity index (χ0v) is 16.0. The maximum absolute atomic E-state index is 12.9. The second-order valence-electron chi connectivity index (χ2n) is 6.73. The summed E-state index contributed by atoms with van der Waals surface area (Å²) in [5.41, 5.74) is 2.84. The van der Waals surface area contributed by atoms with Gasteiger partial charge in [-0.2, -0.15) is 4.31 Å². The van der Waals surface area contributed by atoms with E-state index in [0.29, 0.717) is 18.1 Å². The number of benzene rings is 2. The van der Waals surface area contributed by atoms with Gasteiger partial charge < -0.3 is 4.98 Å².